The lowest BCUT2D eigenvalue weighted by molar-refractivity contribution is -0.385. The average molecular weight is 376 g/mol. The quantitative estimate of drug-likeness (QED) is 0.339. The van der Waals surface area contributed by atoms with Crippen LogP contribution in [0.4, 0.5) is 11.4 Å². The molecular weight excluding hydrogens is 360 g/mol. The first-order valence-electron chi connectivity index (χ1n) is 7.46. The van der Waals surface area contributed by atoms with Crippen LogP contribution in [-0.4, -0.2) is 43.2 Å². The van der Waals surface area contributed by atoms with Gasteiger partial charge < -0.3 is 24.6 Å². The van der Waals surface area contributed by atoms with Crippen molar-refractivity contribution in [2.24, 2.45) is 0 Å². The van der Waals surface area contributed by atoms with Gasteiger partial charge in [0.1, 0.15) is 11.1 Å². The highest BCUT2D eigenvalue weighted by atomic mass is 16.6. The van der Waals surface area contributed by atoms with Gasteiger partial charge in [-0.05, 0) is 12.1 Å². The van der Waals surface area contributed by atoms with Crippen LogP contribution in [0.1, 0.15) is 20.7 Å². The number of amides is 1. The monoisotopic (exact) mass is 376 g/mol. The van der Waals surface area contributed by atoms with Crippen LogP contribution in [0.2, 0.25) is 0 Å². The van der Waals surface area contributed by atoms with Crippen LogP contribution in [0.5, 0.6) is 17.2 Å². The minimum atomic E-state index is -0.889. The second-order valence-corrected chi connectivity index (χ2v) is 5.13. The van der Waals surface area contributed by atoms with Crippen LogP contribution in [0, 0.1) is 10.1 Å². The Balaban J connectivity index is 2.47. The maximum absolute atomic E-state index is 12.6. The molecule has 2 aromatic rings. The third-order valence-corrected chi connectivity index (χ3v) is 3.63. The highest BCUT2D eigenvalue weighted by molar-refractivity contribution is 6.09. The Hall–Kier alpha value is -3.82. The molecule has 0 fully saturated rings. The van der Waals surface area contributed by atoms with Gasteiger partial charge in [-0.15, -0.1) is 0 Å². The van der Waals surface area contributed by atoms with E-state index in [1.807, 2.05) is 0 Å². The van der Waals surface area contributed by atoms with Crippen LogP contribution >= 0.6 is 0 Å². The highest BCUT2D eigenvalue weighted by Crippen LogP contribution is 2.35. The number of nitrogens with zero attached hydrogens (tertiary/aromatic N) is 1. The Morgan fingerprint density at radius 3 is 2.26 bits per heavy atom. The van der Waals surface area contributed by atoms with Gasteiger partial charge in [0.25, 0.3) is 11.6 Å². The van der Waals surface area contributed by atoms with E-state index in [0.29, 0.717) is 0 Å². The fourth-order valence-corrected chi connectivity index (χ4v) is 2.31. The van der Waals surface area contributed by atoms with Gasteiger partial charge >= 0.3 is 5.97 Å². The summed E-state index contributed by atoms with van der Waals surface area (Å²) in [5, 5.41) is 23.8. The maximum Gasteiger partial charge on any atom is 0.341 e. The van der Waals surface area contributed by atoms with Crippen molar-refractivity contribution in [3.05, 3.63) is 51.6 Å². The van der Waals surface area contributed by atoms with E-state index in [1.54, 1.807) is 0 Å². The average Bonchev–Trinajstić information content (AvgIpc) is 2.67. The lowest BCUT2D eigenvalue weighted by Gasteiger charge is -2.12. The number of nitro groups is 1. The summed E-state index contributed by atoms with van der Waals surface area (Å²) in [6.07, 6.45) is 0. The Bertz CT molecular complexity index is 910. The van der Waals surface area contributed by atoms with Crippen LogP contribution < -0.4 is 14.8 Å². The molecule has 0 aliphatic heterocycles. The summed E-state index contributed by atoms with van der Waals surface area (Å²) >= 11 is 0. The number of esters is 1. The number of benzene rings is 2. The molecule has 0 aliphatic carbocycles. The molecule has 27 heavy (non-hydrogen) atoms. The molecule has 1 amide bonds. The summed E-state index contributed by atoms with van der Waals surface area (Å²) in [6, 6.07) is 6.23. The maximum atomic E-state index is 12.6. The summed E-state index contributed by atoms with van der Waals surface area (Å²) in [5.74, 6) is -2.03. The molecule has 0 heterocycles. The van der Waals surface area contributed by atoms with Crippen LogP contribution in [0.3, 0.4) is 0 Å². The highest BCUT2D eigenvalue weighted by Gasteiger charge is 2.26. The van der Waals surface area contributed by atoms with Gasteiger partial charge in [-0.3, -0.25) is 14.9 Å². The van der Waals surface area contributed by atoms with Gasteiger partial charge in [0, 0.05) is 6.07 Å². The van der Waals surface area contributed by atoms with Crippen molar-refractivity contribution in [2.45, 2.75) is 0 Å². The van der Waals surface area contributed by atoms with Gasteiger partial charge in [0.2, 0.25) is 0 Å². The number of nitro benzene ring substituents is 1. The van der Waals surface area contributed by atoms with E-state index >= 15 is 0 Å². The van der Waals surface area contributed by atoms with Crippen molar-refractivity contribution in [3.63, 3.8) is 0 Å². The summed E-state index contributed by atoms with van der Waals surface area (Å²) in [7, 11) is 3.76. The Labute approximate surface area is 153 Å². The number of methoxy groups -OCH3 is 3. The second-order valence-electron chi connectivity index (χ2n) is 5.13. The fourth-order valence-electron chi connectivity index (χ4n) is 2.31. The van der Waals surface area contributed by atoms with Crippen molar-refractivity contribution in [2.75, 3.05) is 26.6 Å². The topological polar surface area (TPSA) is 137 Å². The Kier molecular flexibility index (Phi) is 5.81. The SMILES string of the molecule is COC(=O)c1cccc(NC(=O)c2cc(OC)c(OC)cc2[N+](=O)[O-])c1O. The van der Waals surface area contributed by atoms with Gasteiger partial charge in [-0.25, -0.2) is 4.79 Å². The van der Waals surface area contributed by atoms with Gasteiger partial charge in [0.15, 0.2) is 17.2 Å². The van der Waals surface area contributed by atoms with E-state index < -0.39 is 28.2 Å². The number of anilines is 1. The molecule has 0 saturated carbocycles. The first-order chi connectivity index (χ1) is 12.8. The summed E-state index contributed by atoms with van der Waals surface area (Å²) in [6.45, 7) is 0. The number of phenols is 1. The van der Waals surface area contributed by atoms with Gasteiger partial charge in [-0.2, -0.15) is 0 Å². The normalized spacial score (nSPS) is 10.0. The number of aromatic hydroxyl groups is 1. The number of ether oxygens (including phenoxy) is 3. The van der Waals surface area contributed by atoms with E-state index in [4.69, 9.17) is 9.47 Å². The second kappa shape index (κ2) is 8.04. The molecule has 0 aromatic heterocycles. The van der Waals surface area contributed by atoms with Crippen molar-refractivity contribution in [3.8, 4) is 17.2 Å². The molecule has 0 aliphatic rings. The predicted molar refractivity (Wildman–Crippen MR) is 93.6 cm³/mol. The first-order valence-corrected chi connectivity index (χ1v) is 7.46. The van der Waals surface area contributed by atoms with E-state index in [0.717, 1.165) is 19.2 Å². The van der Waals surface area contributed by atoms with Gasteiger partial charge in [0.05, 0.1) is 38.0 Å². The number of phenolic OH excluding ortho intramolecular Hbond substituents is 1. The lowest BCUT2D eigenvalue weighted by Crippen LogP contribution is -2.15. The summed E-state index contributed by atoms with van der Waals surface area (Å²) < 4.78 is 14.6. The molecule has 10 nitrogen and oxygen atoms in total. The zero-order valence-corrected chi connectivity index (χ0v) is 14.6. The van der Waals surface area contributed by atoms with E-state index in [2.05, 4.69) is 10.1 Å². The van der Waals surface area contributed by atoms with E-state index in [1.165, 1.54) is 32.4 Å². The number of rotatable bonds is 6. The van der Waals surface area contributed by atoms with Gasteiger partial charge in [-0.1, -0.05) is 6.07 Å². The zero-order valence-electron chi connectivity index (χ0n) is 14.6. The molecule has 2 rings (SSSR count). The van der Waals surface area contributed by atoms with Crippen molar-refractivity contribution < 1.29 is 33.8 Å². The number of hydrogen-bond donors (Lipinski definition) is 2. The molecule has 2 aromatic carbocycles. The van der Waals surface area contributed by atoms with Crippen LogP contribution in [0.25, 0.3) is 0 Å². The minimum Gasteiger partial charge on any atom is -0.505 e. The fraction of sp³-hybridized carbons (Fsp3) is 0.176. The number of carbonyl (C=O) groups excluding carboxylic acids is 2. The first kappa shape index (κ1) is 19.5. The largest absolute Gasteiger partial charge is 0.505 e. The Morgan fingerprint density at radius 1 is 1.07 bits per heavy atom. The van der Waals surface area contributed by atoms with Crippen LogP contribution in [0.15, 0.2) is 30.3 Å². The molecule has 0 spiro atoms. The molecular formula is C17H16N2O8. The van der Waals surface area contributed by atoms with Crippen LogP contribution in [-0.2, 0) is 4.74 Å². The molecule has 10 heteroatoms. The standard InChI is InChI=1S/C17H16N2O8/c1-25-13-7-10(12(19(23)24)8-14(13)26-2)16(21)18-11-6-4-5-9(15(11)20)17(22)27-3/h4-8,20H,1-3H3,(H,18,21). The third kappa shape index (κ3) is 3.89. The molecule has 2 N–H and O–H groups in total. The Morgan fingerprint density at radius 2 is 1.70 bits per heavy atom. The molecule has 0 saturated heterocycles. The van der Waals surface area contributed by atoms with E-state index in [-0.39, 0.29) is 28.3 Å². The number of carbonyl (C=O) groups is 2. The van der Waals surface area contributed by atoms with Crippen molar-refractivity contribution in [1.29, 1.82) is 0 Å². The molecule has 142 valence electrons. The summed E-state index contributed by atoms with van der Waals surface area (Å²) in [4.78, 5) is 34.8. The summed E-state index contributed by atoms with van der Waals surface area (Å²) in [5.41, 5.74) is -1.13. The number of para-hydroxylation sites is 1. The minimum absolute atomic E-state index is 0.0799. The predicted octanol–water partition coefficient (Wildman–Crippen LogP) is 2.36. The molecule has 0 bridgehead atoms. The van der Waals surface area contributed by atoms with Crippen molar-refractivity contribution in [1.82, 2.24) is 0 Å². The molecule has 0 unspecified atom stereocenters. The smallest absolute Gasteiger partial charge is 0.341 e. The zero-order chi connectivity index (χ0) is 20.1. The third-order valence-electron chi connectivity index (χ3n) is 3.63. The number of hydrogen-bond acceptors (Lipinski definition) is 8. The van der Waals surface area contributed by atoms with E-state index in [9.17, 15) is 24.8 Å². The van der Waals surface area contributed by atoms with Crippen molar-refractivity contribution >= 4 is 23.3 Å². The lowest BCUT2D eigenvalue weighted by atomic mass is 10.1. The number of nitrogens with one attached hydrogen (secondary N) is 1. The molecule has 0 radical (unpaired) electrons. The molecule has 0 atom stereocenters.